The van der Waals surface area contributed by atoms with Gasteiger partial charge in [-0.2, -0.15) is 32.2 Å². The van der Waals surface area contributed by atoms with Crippen LogP contribution in [0.25, 0.3) is 11.1 Å². The Kier molecular flexibility index (Phi) is 13.0. The Bertz CT molecular complexity index is 1730. The van der Waals surface area contributed by atoms with Crippen molar-refractivity contribution in [2.24, 2.45) is 32.9 Å². The molecule has 2 amide bonds. The van der Waals surface area contributed by atoms with Crippen LogP contribution in [-0.2, 0) is 4.74 Å². The van der Waals surface area contributed by atoms with Crippen molar-refractivity contribution in [3.8, 4) is 11.1 Å². The summed E-state index contributed by atoms with van der Waals surface area (Å²) in [4.78, 5) is 31.4. The molecule has 0 saturated heterocycles. The first-order valence-electron chi connectivity index (χ1n) is 15.3. The lowest BCUT2D eigenvalue weighted by molar-refractivity contribution is -0.164. The highest BCUT2D eigenvalue weighted by atomic mass is 35.5. The predicted octanol–water partition coefficient (Wildman–Crippen LogP) is 5.68. The predicted molar refractivity (Wildman–Crippen MR) is 183 cm³/mol. The summed E-state index contributed by atoms with van der Waals surface area (Å²) in [5.74, 6) is 9.73. The summed E-state index contributed by atoms with van der Waals surface area (Å²) in [5.41, 5.74) is 7.79. The standard InChI is InChI=1S/C27H28ClF5N10O3.C5H12/c1-37-24(34)43(22(44)15-4-2-14(3-5-15)17-11-38-42(12-17)23(29)30)20(13-46-25(45)39-26(8-9-26)27(31,32)33)16-6-7-19(28)18(10-16)21(40-35)41-36;1-5(2,3)4/h2-7,10-12,20,23H,8-9,13,35-36H2,1H3,(H2,34,37)(H,39,45)(H,40,41);1-4H3/t20-;/m1./s1. The van der Waals surface area contributed by atoms with Gasteiger partial charge in [-0.15, -0.1) is 0 Å². The number of alkyl halides is 5. The van der Waals surface area contributed by atoms with Gasteiger partial charge < -0.3 is 27.1 Å². The third-order valence-corrected chi connectivity index (χ3v) is 7.51. The summed E-state index contributed by atoms with van der Waals surface area (Å²) in [6.45, 7) is 5.21. The largest absolute Gasteiger partial charge is 0.447 e. The van der Waals surface area contributed by atoms with Crippen molar-refractivity contribution in [3.05, 3.63) is 76.6 Å². The molecular formula is C32H40ClF5N10O3. The number of ether oxygens (including phenoxy) is 1. The van der Waals surface area contributed by atoms with E-state index in [1.807, 2.05) is 5.32 Å². The van der Waals surface area contributed by atoms with Gasteiger partial charge in [0.25, 0.3) is 5.91 Å². The van der Waals surface area contributed by atoms with Gasteiger partial charge in [-0.25, -0.2) is 15.3 Å². The normalized spacial score (nSPS) is 15.0. The summed E-state index contributed by atoms with van der Waals surface area (Å²) in [5, 5.41) is 9.10. The molecule has 1 fully saturated rings. The fraction of sp³-hybridized carbons (Fsp3) is 0.406. The van der Waals surface area contributed by atoms with Gasteiger partial charge >= 0.3 is 18.8 Å². The number of hydrogen-bond donors (Lipinski definition) is 5. The van der Waals surface area contributed by atoms with Crippen LogP contribution in [0.5, 0.6) is 0 Å². The Hall–Kier alpha value is -4.97. The van der Waals surface area contributed by atoms with E-state index in [9.17, 15) is 31.5 Å². The summed E-state index contributed by atoms with van der Waals surface area (Å²) in [6, 6.07) is 8.73. The second-order valence-electron chi connectivity index (χ2n) is 13.0. The molecule has 2 aromatic carbocycles. The van der Waals surface area contributed by atoms with E-state index < -0.39 is 42.9 Å². The van der Waals surface area contributed by atoms with Gasteiger partial charge in [0.15, 0.2) is 11.8 Å². The Morgan fingerprint density at radius 3 is 2.18 bits per heavy atom. The maximum atomic E-state index is 14.0. The number of amides is 2. The fourth-order valence-electron chi connectivity index (χ4n) is 4.48. The average Bonchev–Trinajstić information content (AvgIpc) is 3.68. The molecule has 51 heavy (non-hydrogen) atoms. The molecule has 0 aliphatic heterocycles. The van der Waals surface area contributed by atoms with E-state index in [1.165, 1.54) is 55.7 Å². The number of hydrogen-bond acceptors (Lipinski definition) is 8. The van der Waals surface area contributed by atoms with Crippen LogP contribution < -0.4 is 28.2 Å². The minimum Gasteiger partial charge on any atom is -0.447 e. The Morgan fingerprint density at radius 2 is 1.71 bits per heavy atom. The number of carbonyl (C=O) groups excluding carboxylic acids is 2. The van der Waals surface area contributed by atoms with Gasteiger partial charge in [0, 0.05) is 29.9 Å². The van der Waals surface area contributed by atoms with Gasteiger partial charge in [0.1, 0.15) is 12.1 Å². The monoisotopic (exact) mass is 742 g/mol. The number of guanidine groups is 1. The van der Waals surface area contributed by atoms with E-state index in [4.69, 9.17) is 33.8 Å². The molecule has 1 aromatic heterocycles. The molecule has 1 aliphatic rings. The molecule has 19 heteroatoms. The van der Waals surface area contributed by atoms with Crippen molar-refractivity contribution in [3.63, 3.8) is 0 Å². The number of nitrogens with one attached hydrogen (secondary N) is 2. The summed E-state index contributed by atoms with van der Waals surface area (Å²) < 4.78 is 72.0. The van der Waals surface area contributed by atoms with Crippen molar-refractivity contribution in [2.75, 3.05) is 13.7 Å². The molecule has 0 bridgehead atoms. The second-order valence-corrected chi connectivity index (χ2v) is 13.4. The van der Waals surface area contributed by atoms with E-state index in [0.717, 1.165) is 11.1 Å². The molecule has 4 rings (SSSR count). The Morgan fingerprint density at radius 1 is 1.10 bits per heavy atom. The molecule has 0 unspecified atom stereocenters. The number of hydrazone groups is 1. The molecule has 0 radical (unpaired) electrons. The number of nitrogens with two attached hydrogens (primary N) is 3. The lowest BCUT2D eigenvalue weighted by Gasteiger charge is -2.31. The van der Waals surface area contributed by atoms with E-state index in [0.29, 0.717) is 21.2 Å². The third-order valence-electron chi connectivity index (χ3n) is 7.18. The quantitative estimate of drug-likeness (QED) is 0.0608. The zero-order valence-corrected chi connectivity index (χ0v) is 29.2. The number of hydrazine groups is 1. The van der Waals surface area contributed by atoms with Crippen LogP contribution >= 0.6 is 11.6 Å². The highest BCUT2D eigenvalue weighted by molar-refractivity contribution is 6.34. The molecule has 0 spiro atoms. The number of nitrogens with zero attached hydrogens (tertiary/aromatic N) is 5. The summed E-state index contributed by atoms with van der Waals surface area (Å²) >= 11 is 6.30. The highest BCUT2D eigenvalue weighted by Crippen LogP contribution is 2.49. The fourth-order valence-corrected chi connectivity index (χ4v) is 4.68. The lowest BCUT2D eigenvalue weighted by Crippen LogP contribution is -2.49. The Balaban J connectivity index is 0.00000131. The molecule has 3 aromatic rings. The third kappa shape index (κ3) is 10.5. The van der Waals surface area contributed by atoms with Crippen molar-refractivity contribution < 1.29 is 36.3 Å². The first-order valence-corrected chi connectivity index (χ1v) is 15.7. The molecule has 1 heterocycles. The molecule has 1 atom stereocenters. The molecule has 13 nitrogen and oxygen atoms in total. The number of benzene rings is 2. The molecular weight excluding hydrogens is 703 g/mol. The van der Waals surface area contributed by atoms with Crippen LogP contribution in [0.1, 0.15) is 74.6 Å². The van der Waals surface area contributed by atoms with Crippen LogP contribution in [0, 0.1) is 5.41 Å². The first-order chi connectivity index (χ1) is 23.7. The van der Waals surface area contributed by atoms with E-state index in [1.54, 1.807) is 0 Å². The number of rotatable bonds is 9. The second kappa shape index (κ2) is 16.4. The minimum atomic E-state index is -4.70. The maximum absolute atomic E-state index is 14.0. The van der Waals surface area contributed by atoms with Crippen LogP contribution in [0.4, 0.5) is 26.7 Å². The number of amidine groups is 1. The Labute approximate surface area is 296 Å². The SMILES string of the molecule is CC(C)(C)C.CN=C(N)N(C(=O)c1ccc(-c2cnn(C(F)F)c2)cc1)[C@H](COC(=O)NC1(C(F)(F)F)CC1)c1ccc(Cl)c(/C(=N/N)NN)c1. The lowest BCUT2D eigenvalue weighted by atomic mass is 10.0. The van der Waals surface area contributed by atoms with Crippen molar-refractivity contribution >= 4 is 35.4 Å². The number of halogens is 6. The smallest absolute Gasteiger partial charge is 0.411 e. The van der Waals surface area contributed by atoms with Crippen LogP contribution in [0.3, 0.4) is 0 Å². The molecule has 8 N–H and O–H groups in total. The van der Waals surface area contributed by atoms with Gasteiger partial charge in [-0.1, -0.05) is 57.5 Å². The number of aliphatic imine (C=N–C) groups is 1. The number of aromatic nitrogens is 2. The maximum Gasteiger partial charge on any atom is 0.411 e. The van der Waals surface area contributed by atoms with Gasteiger partial charge in [0.2, 0.25) is 0 Å². The highest BCUT2D eigenvalue weighted by Gasteiger charge is 2.64. The van der Waals surface area contributed by atoms with Crippen molar-refractivity contribution in [2.45, 2.75) is 64.8 Å². The van der Waals surface area contributed by atoms with Gasteiger partial charge in [-0.05, 0) is 53.6 Å². The molecule has 278 valence electrons. The average molecular weight is 743 g/mol. The molecule has 1 aliphatic carbocycles. The van der Waals surface area contributed by atoms with E-state index >= 15 is 0 Å². The number of carbonyl (C=O) groups is 2. The van der Waals surface area contributed by atoms with Crippen LogP contribution in [0.15, 0.2) is 65.0 Å². The van der Waals surface area contributed by atoms with Crippen LogP contribution in [0.2, 0.25) is 5.02 Å². The zero-order chi connectivity index (χ0) is 38.3. The molecule has 1 saturated carbocycles. The van der Waals surface area contributed by atoms with Gasteiger partial charge in [0.05, 0.1) is 17.3 Å². The van der Waals surface area contributed by atoms with Gasteiger partial charge in [-0.3, -0.25) is 14.7 Å². The first kappa shape index (κ1) is 40.5. The van der Waals surface area contributed by atoms with E-state index in [-0.39, 0.29) is 46.3 Å². The summed E-state index contributed by atoms with van der Waals surface area (Å²) in [6.07, 6.45) is -4.35. The number of alkyl carbamates (subject to hydrolysis) is 1. The summed E-state index contributed by atoms with van der Waals surface area (Å²) in [7, 11) is 1.29. The van der Waals surface area contributed by atoms with Crippen LogP contribution in [-0.4, -0.2) is 63.8 Å². The van der Waals surface area contributed by atoms with E-state index in [2.05, 4.69) is 48.3 Å². The van der Waals surface area contributed by atoms with Crippen molar-refractivity contribution in [1.82, 2.24) is 25.4 Å². The zero-order valence-electron chi connectivity index (χ0n) is 28.4. The van der Waals surface area contributed by atoms with Crippen molar-refractivity contribution in [1.29, 1.82) is 0 Å². The minimum absolute atomic E-state index is 0.0436. The topological polar surface area (TPSA) is 191 Å².